The zero-order valence-electron chi connectivity index (χ0n) is 20.3. The molecule has 184 valence electrons. The van der Waals surface area contributed by atoms with E-state index < -0.39 is 0 Å². The van der Waals surface area contributed by atoms with E-state index in [0.717, 1.165) is 0 Å². The molecule has 0 saturated heterocycles. The van der Waals surface area contributed by atoms with Crippen molar-refractivity contribution in [1.29, 1.82) is 0 Å². The third kappa shape index (κ3) is 7.14. The van der Waals surface area contributed by atoms with Crippen LogP contribution < -0.4 is 0 Å². The largest absolute Gasteiger partial charge is 0.289 e. The number of hydrogen-bond donors (Lipinski definition) is 2. The lowest BCUT2D eigenvalue weighted by Gasteiger charge is -2.10. The smallest absolute Gasteiger partial charge is 0.193 e. The van der Waals surface area contributed by atoms with E-state index in [1.807, 2.05) is 48.5 Å². The molecule has 0 amide bonds. The van der Waals surface area contributed by atoms with Crippen LogP contribution in [0.4, 0.5) is 0 Å². The SMILES string of the molecule is Cc1ccc([S+](c2ccc(Sc3ccccc3)cc2)c2ccc(C(=O)c3ccccc3)cc2)cc1.SS. The van der Waals surface area contributed by atoms with Crippen molar-refractivity contribution in [3.63, 3.8) is 0 Å². The summed E-state index contributed by atoms with van der Waals surface area (Å²) < 4.78 is 0. The van der Waals surface area contributed by atoms with Gasteiger partial charge in [0.25, 0.3) is 0 Å². The van der Waals surface area contributed by atoms with Gasteiger partial charge in [-0.15, -0.1) is 23.3 Å². The third-order valence-corrected chi connectivity index (χ3v) is 8.93. The minimum Gasteiger partial charge on any atom is -0.289 e. The van der Waals surface area contributed by atoms with Crippen LogP contribution in [0.1, 0.15) is 21.5 Å². The topological polar surface area (TPSA) is 17.1 Å². The van der Waals surface area contributed by atoms with Crippen LogP contribution in [0.3, 0.4) is 0 Å². The average Bonchev–Trinajstić information content (AvgIpc) is 2.97. The Balaban J connectivity index is 0.00000156. The molecule has 5 rings (SSSR count). The van der Waals surface area contributed by atoms with Crippen molar-refractivity contribution in [3.05, 3.63) is 150 Å². The Kier molecular flexibility index (Phi) is 10.0. The Labute approximate surface area is 236 Å². The molecule has 0 aliphatic carbocycles. The Bertz CT molecular complexity index is 1400. The standard InChI is InChI=1S/C32H25OS2.H2S2/c1-24-12-18-29(19-13-24)35(31-22-16-28(17-23-31)34-27-10-6-3-7-11-27)30-20-14-26(15-21-30)32(33)25-8-4-2-5-9-25;1-2/h2-23H,1H3;1-2H/q+1;. The number of benzene rings is 5. The molecule has 0 aliphatic rings. The minimum atomic E-state index is -0.264. The van der Waals surface area contributed by atoms with Gasteiger partial charge in [0, 0.05) is 20.9 Å². The maximum atomic E-state index is 12.9. The van der Waals surface area contributed by atoms with Crippen molar-refractivity contribution in [3.8, 4) is 0 Å². The Morgan fingerprint density at radius 3 is 1.49 bits per heavy atom. The molecule has 0 fully saturated rings. The van der Waals surface area contributed by atoms with E-state index >= 15 is 0 Å². The van der Waals surface area contributed by atoms with Gasteiger partial charge in [-0.25, -0.2) is 0 Å². The molecule has 0 radical (unpaired) electrons. The van der Waals surface area contributed by atoms with Crippen LogP contribution in [0.25, 0.3) is 0 Å². The van der Waals surface area contributed by atoms with Crippen LogP contribution in [0, 0.1) is 6.92 Å². The molecule has 0 aromatic heterocycles. The number of carbonyl (C=O) groups excluding carboxylic acids is 1. The molecule has 37 heavy (non-hydrogen) atoms. The van der Waals surface area contributed by atoms with E-state index in [1.54, 1.807) is 11.8 Å². The molecule has 1 nitrogen and oxygen atoms in total. The number of thiol groups is 2. The highest BCUT2D eigenvalue weighted by molar-refractivity contribution is 8.59. The number of ketones is 1. The summed E-state index contributed by atoms with van der Waals surface area (Å²) in [6, 6.07) is 45.7. The molecule has 5 aromatic carbocycles. The van der Waals surface area contributed by atoms with Crippen molar-refractivity contribution in [2.45, 2.75) is 31.4 Å². The second kappa shape index (κ2) is 13.6. The number of rotatable bonds is 7. The van der Waals surface area contributed by atoms with Crippen LogP contribution >= 0.6 is 35.1 Å². The summed E-state index contributed by atoms with van der Waals surface area (Å²) in [5, 5.41) is 0. The van der Waals surface area contributed by atoms with Crippen molar-refractivity contribution in [1.82, 2.24) is 0 Å². The van der Waals surface area contributed by atoms with Crippen LogP contribution in [-0.2, 0) is 10.9 Å². The monoisotopic (exact) mass is 555 g/mol. The maximum absolute atomic E-state index is 12.9. The lowest BCUT2D eigenvalue weighted by Crippen LogP contribution is -2.06. The molecule has 0 aliphatic heterocycles. The third-order valence-electron chi connectivity index (χ3n) is 5.68. The van der Waals surface area contributed by atoms with Gasteiger partial charge in [0.2, 0.25) is 0 Å². The first-order valence-electron chi connectivity index (χ1n) is 11.7. The van der Waals surface area contributed by atoms with E-state index in [1.165, 1.54) is 30.0 Å². The van der Waals surface area contributed by atoms with Crippen molar-refractivity contribution in [2.75, 3.05) is 0 Å². The molecular formula is C32H27OS4+. The molecule has 0 N–H and O–H groups in total. The van der Waals surface area contributed by atoms with Crippen molar-refractivity contribution >= 4 is 51.8 Å². The predicted octanol–water partition coefficient (Wildman–Crippen LogP) is 9.23. The zero-order valence-corrected chi connectivity index (χ0v) is 23.7. The summed E-state index contributed by atoms with van der Waals surface area (Å²) in [7, 11) is -0.264. The highest BCUT2D eigenvalue weighted by atomic mass is 33.1. The highest BCUT2D eigenvalue weighted by Gasteiger charge is 2.29. The molecule has 0 bridgehead atoms. The first-order valence-corrected chi connectivity index (χ1v) is 15.4. The Morgan fingerprint density at radius 1 is 0.541 bits per heavy atom. The van der Waals surface area contributed by atoms with Crippen LogP contribution in [0.15, 0.2) is 158 Å². The van der Waals surface area contributed by atoms with E-state index in [-0.39, 0.29) is 16.7 Å². The van der Waals surface area contributed by atoms with E-state index in [0.29, 0.717) is 11.1 Å². The van der Waals surface area contributed by atoms with Crippen molar-refractivity contribution < 1.29 is 4.79 Å². The first kappa shape index (κ1) is 27.2. The number of aryl methyl sites for hydroxylation is 1. The molecule has 0 saturated carbocycles. The van der Waals surface area contributed by atoms with E-state index in [9.17, 15) is 4.79 Å². The minimum absolute atomic E-state index is 0.0506. The Morgan fingerprint density at radius 2 is 0.946 bits per heavy atom. The van der Waals surface area contributed by atoms with Gasteiger partial charge in [-0.3, -0.25) is 4.79 Å². The fourth-order valence-electron chi connectivity index (χ4n) is 3.85. The number of hydrogen-bond acceptors (Lipinski definition) is 4. The van der Waals surface area contributed by atoms with Gasteiger partial charge in [-0.2, -0.15) is 0 Å². The van der Waals surface area contributed by atoms with Gasteiger partial charge >= 0.3 is 0 Å². The highest BCUT2D eigenvalue weighted by Crippen LogP contribution is 2.34. The fraction of sp³-hybridized carbons (Fsp3) is 0.0312. The zero-order chi connectivity index (χ0) is 26.0. The summed E-state index contributed by atoms with van der Waals surface area (Å²) >= 11 is 8.21. The Hall–Kier alpha value is -2.83. The average molecular weight is 556 g/mol. The first-order chi connectivity index (χ1) is 18.2. The molecule has 5 aromatic rings. The van der Waals surface area contributed by atoms with E-state index in [4.69, 9.17) is 0 Å². The normalized spacial score (nSPS) is 11.2. The summed E-state index contributed by atoms with van der Waals surface area (Å²) in [5.74, 6) is 0.0506. The van der Waals surface area contributed by atoms with Gasteiger partial charge in [-0.1, -0.05) is 78.0 Å². The predicted molar refractivity (Wildman–Crippen MR) is 165 cm³/mol. The van der Waals surface area contributed by atoms with Gasteiger partial charge in [0.15, 0.2) is 20.5 Å². The van der Waals surface area contributed by atoms with E-state index in [2.05, 4.69) is 115 Å². The van der Waals surface area contributed by atoms with Gasteiger partial charge < -0.3 is 0 Å². The maximum Gasteiger partial charge on any atom is 0.193 e. The van der Waals surface area contributed by atoms with Crippen LogP contribution in [-0.4, -0.2) is 5.78 Å². The van der Waals surface area contributed by atoms with Gasteiger partial charge in [-0.05, 0) is 79.7 Å². The fourth-order valence-corrected chi connectivity index (χ4v) is 6.73. The summed E-state index contributed by atoms with van der Waals surface area (Å²) in [4.78, 5) is 19.1. The molecule has 5 heteroatoms. The number of carbonyl (C=O) groups is 1. The lowest BCUT2D eigenvalue weighted by atomic mass is 10.0. The summed E-state index contributed by atoms with van der Waals surface area (Å²) in [6.07, 6.45) is 0. The second-order valence-corrected chi connectivity index (χ2v) is 11.4. The summed E-state index contributed by atoms with van der Waals surface area (Å²) in [5.41, 5.74) is 2.67. The van der Waals surface area contributed by atoms with Crippen LogP contribution in [0.5, 0.6) is 0 Å². The summed E-state index contributed by atoms with van der Waals surface area (Å²) in [6.45, 7) is 2.11. The second-order valence-electron chi connectivity index (χ2n) is 8.23. The molecule has 0 spiro atoms. The molecular weight excluding hydrogens is 529 g/mol. The molecule has 1 atom stereocenters. The lowest BCUT2D eigenvalue weighted by molar-refractivity contribution is 0.103. The van der Waals surface area contributed by atoms with Gasteiger partial charge in [0.1, 0.15) is 0 Å². The van der Waals surface area contributed by atoms with Gasteiger partial charge in [0.05, 0.1) is 10.9 Å². The molecule has 0 heterocycles. The van der Waals surface area contributed by atoms with Crippen LogP contribution in [0.2, 0.25) is 0 Å². The van der Waals surface area contributed by atoms with Crippen molar-refractivity contribution in [2.24, 2.45) is 0 Å². The quantitative estimate of drug-likeness (QED) is 0.0902. The molecule has 1 unspecified atom stereocenters.